The number of fused-ring (bicyclic) bond motifs is 2. The molecule has 2 atom stereocenters. The Balaban J connectivity index is 0.000000269. The molecule has 12 nitrogen and oxygen atoms in total. The number of hydrogen-bond donors (Lipinski definition) is 3. The number of halogens is 3. The number of carbonyl (C=O) groups is 3. The van der Waals surface area contributed by atoms with Crippen LogP contribution in [0.2, 0.25) is 0 Å². The molecule has 0 saturated heterocycles. The number of nitrogens with one attached hydrogen (secondary N) is 1. The SMILES string of the molecule is CC(C)(C)OC(=O)N1Cc2ccccc2C[C@@H]1C=O.CCCCC=O.CCCCCCCc1ncc(F)cc1C.Cc1cc(F)cnc1CN.Cc1cc(F)cnc1CN(CCCCN)C[C@H]1Cc2ccccc2CN1. The molecule has 0 saturated carbocycles. The molecule has 5 heterocycles. The Morgan fingerprint density at radius 3 is 1.78 bits per heavy atom. The minimum atomic E-state index is -0.554. The van der Waals surface area contributed by atoms with Gasteiger partial charge in [-0.25, -0.2) is 18.0 Å². The number of rotatable bonds is 19. The second-order valence-electron chi connectivity index (χ2n) is 20.5. The summed E-state index contributed by atoms with van der Waals surface area (Å²) < 4.78 is 43.9. The first-order chi connectivity index (χ1) is 36.4. The molecule has 416 valence electrons. The number of nitrogens with zero attached hydrogens (tertiary/aromatic N) is 5. The third-order valence-corrected chi connectivity index (χ3v) is 12.9. The zero-order valence-electron chi connectivity index (χ0n) is 46.7. The fourth-order valence-electron chi connectivity index (χ4n) is 8.61. The molecule has 0 bridgehead atoms. The van der Waals surface area contributed by atoms with Gasteiger partial charge in [-0.05, 0) is 150 Å². The highest BCUT2D eigenvalue weighted by Gasteiger charge is 2.32. The van der Waals surface area contributed by atoms with Crippen molar-refractivity contribution in [3.05, 3.63) is 159 Å². The standard InChI is InChI=1S/C21H29FN4.C15H19NO3.C13H20FN.C7H9FN2.C5H10O/c1-16-10-19(22)13-25-21(16)15-26(9-5-4-8-23)14-20-11-17-6-2-3-7-18(17)12-24-20;1-15(2,3)19-14(18)16-9-12-7-5-4-6-11(12)8-13(16)10-17;1-3-4-5-6-7-8-13-11(2)9-12(14)10-15-13;1-5-2-6(8)4-10-7(5)3-9;1-2-3-4-5-6/h2-3,6-7,10,13,20,24H,4-5,8-9,11-12,14-15,23H2,1H3;4-7,10,13H,8-9H2,1-3H3;9-10H,3-8H2,1-2H3;2,4H,3,9H2,1H3;5H,2-4H2,1H3/t20-;13-;;;/m11.../s1. The van der Waals surface area contributed by atoms with E-state index in [9.17, 15) is 27.6 Å². The average molecular weight is 1050 g/mol. The van der Waals surface area contributed by atoms with Crippen LogP contribution in [0.15, 0.2) is 85.3 Å². The molecular formula is C61H87F3N8O4. The number of carbonyl (C=O) groups excluding carboxylic acids is 3. The van der Waals surface area contributed by atoms with Crippen LogP contribution in [0.3, 0.4) is 0 Å². The second kappa shape index (κ2) is 35.5. The van der Waals surface area contributed by atoms with Crippen molar-refractivity contribution in [2.75, 3.05) is 19.6 Å². The lowest BCUT2D eigenvalue weighted by molar-refractivity contribution is -0.113. The van der Waals surface area contributed by atoms with Gasteiger partial charge in [0, 0.05) is 50.8 Å². The van der Waals surface area contributed by atoms with Crippen LogP contribution in [0.5, 0.6) is 0 Å². The number of aryl methyl sites for hydroxylation is 4. The van der Waals surface area contributed by atoms with Gasteiger partial charge < -0.3 is 31.1 Å². The van der Waals surface area contributed by atoms with Gasteiger partial charge in [-0.2, -0.15) is 0 Å². The van der Waals surface area contributed by atoms with E-state index >= 15 is 0 Å². The molecule has 76 heavy (non-hydrogen) atoms. The zero-order chi connectivity index (χ0) is 55.9. The van der Waals surface area contributed by atoms with Crippen molar-refractivity contribution in [1.82, 2.24) is 30.1 Å². The van der Waals surface area contributed by atoms with Crippen LogP contribution in [0, 0.1) is 38.2 Å². The molecule has 2 aromatic carbocycles. The Bertz CT molecular complexity index is 2490. The summed E-state index contributed by atoms with van der Waals surface area (Å²) in [6.07, 6.45) is 19.0. The number of ether oxygens (including phenoxy) is 1. The third kappa shape index (κ3) is 24.4. The molecular weight excluding hydrogens is 966 g/mol. The average Bonchev–Trinajstić information content (AvgIpc) is 3.39. The predicted molar refractivity (Wildman–Crippen MR) is 299 cm³/mol. The van der Waals surface area contributed by atoms with E-state index in [0.717, 1.165) is 135 Å². The first-order valence-electron chi connectivity index (χ1n) is 27.2. The Morgan fingerprint density at radius 2 is 1.26 bits per heavy atom. The Morgan fingerprint density at radius 1 is 0.724 bits per heavy atom. The van der Waals surface area contributed by atoms with Gasteiger partial charge in [0.25, 0.3) is 0 Å². The number of benzene rings is 2. The van der Waals surface area contributed by atoms with E-state index in [2.05, 4.69) is 63.3 Å². The molecule has 3 aromatic heterocycles. The zero-order valence-corrected chi connectivity index (χ0v) is 46.7. The predicted octanol–water partition coefficient (Wildman–Crippen LogP) is 11.7. The fourth-order valence-corrected chi connectivity index (χ4v) is 8.61. The number of unbranched alkanes of at least 4 members (excludes halogenated alkanes) is 7. The molecule has 2 aliphatic rings. The van der Waals surface area contributed by atoms with Crippen LogP contribution in [0.4, 0.5) is 18.0 Å². The van der Waals surface area contributed by atoms with E-state index in [1.807, 2.05) is 58.9 Å². The van der Waals surface area contributed by atoms with Crippen molar-refractivity contribution in [1.29, 1.82) is 0 Å². The lowest BCUT2D eigenvalue weighted by Gasteiger charge is -2.35. The maximum atomic E-state index is 13.3. The van der Waals surface area contributed by atoms with Gasteiger partial charge in [-0.1, -0.05) is 94.5 Å². The maximum absolute atomic E-state index is 13.3. The van der Waals surface area contributed by atoms with Crippen molar-refractivity contribution in [2.45, 2.75) is 183 Å². The van der Waals surface area contributed by atoms with Crippen LogP contribution in [-0.4, -0.2) is 80.7 Å². The van der Waals surface area contributed by atoms with Crippen LogP contribution in [0.25, 0.3) is 0 Å². The van der Waals surface area contributed by atoms with Gasteiger partial charge in [0.15, 0.2) is 0 Å². The van der Waals surface area contributed by atoms with Crippen LogP contribution in [-0.2, 0) is 59.8 Å². The summed E-state index contributed by atoms with van der Waals surface area (Å²) in [5.74, 6) is -0.816. The summed E-state index contributed by atoms with van der Waals surface area (Å²) in [6, 6.07) is 21.0. The molecule has 0 unspecified atom stereocenters. The summed E-state index contributed by atoms with van der Waals surface area (Å²) in [5.41, 5.74) is 20.9. The molecule has 2 aliphatic heterocycles. The summed E-state index contributed by atoms with van der Waals surface area (Å²) in [6.45, 7) is 20.5. The van der Waals surface area contributed by atoms with Crippen LogP contribution in [0.1, 0.15) is 155 Å². The van der Waals surface area contributed by atoms with E-state index in [1.165, 1.54) is 72.8 Å². The van der Waals surface area contributed by atoms with Gasteiger partial charge in [0.05, 0.1) is 42.6 Å². The Kier molecular flexibility index (Phi) is 30.1. The van der Waals surface area contributed by atoms with Crippen LogP contribution >= 0.6 is 0 Å². The Labute approximate surface area is 452 Å². The van der Waals surface area contributed by atoms with Crippen molar-refractivity contribution in [3.8, 4) is 0 Å². The van der Waals surface area contributed by atoms with E-state index in [4.69, 9.17) is 16.2 Å². The molecule has 1 amide bonds. The lowest BCUT2D eigenvalue weighted by atomic mass is 9.95. The molecule has 0 radical (unpaired) electrons. The first-order valence-corrected chi connectivity index (χ1v) is 27.2. The number of pyridine rings is 3. The molecule has 7 rings (SSSR count). The summed E-state index contributed by atoms with van der Waals surface area (Å²) >= 11 is 0. The molecule has 5 N–H and O–H groups in total. The number of aromatic nitrogens is 3. The minimum Gasteiger partial charge on any atom is -0.444 e. The van der Waals surface area contributed by atoms with Crippen molar-refractivity contribution >= 4 is 18.7 Å². The highest BCUT2D eigenvalue weighted by atomic mass is 19.1. The first kappa shape index (κ1) is 64.4. The van der Waals surface area contributed by atoms with Crippen molar-refractivity contribution < 1.29 is 32.3 Å². The molecule has 0 spiro atoms. The second-order valence-corrected chi connectivity index (χ2v) is 20.5. The van der Waals surface area contributed by atoms with E-state index in [-0.39, 0.29) is 17.5 Å². The highest BCUT2D eigenvalue weighted by Crippen LogP contribution is 2.25. The molecule has 15 heteroatoms. The number of amides is 1. The van der Waals surface area contributed by atoms with Gasteiger partial charge in [-0.3, -0.25) is 24.8 Å². The third-order valence-electron chi connectivity index (χ3n) is 12.9. The topological polar surface area (TPSA) is 170 Å². The molecule has 0 aliphatic carbocycles. The van der Waals surface area contributed by atoms with Crippen molar-refractivity contribution in [2.24, 2.45) is 11.5 Å². The number of nitrogens with two attached hydrogens (primary N) is 2. The fraction of sp³-hybridized carbons (Fsp3) is 0.508. The van der Waals surface area contributed by atoms with Gasteiger partial charge in [-0.15, -0.1) is 0 Å². The highest BCUT2D eigenvalue weighted by molar-refractivity contribution is 5.75. The smallest absolute Gasteiger partial charge is 0.411 e. The number of hydrogen-bond acceptors (Lipinski definition) is 11. The largest absolute Gasteiger partial charge is 0.444 e. The van der Waals surface area contributed by atoms with Gasteiger partial charge in [0.1, 0.15) is 35.6 Å². The van der Waals surface area contributed by atoms with Gasteiger partial charge in [0.2, 0.25) is 0 Å². The molecule has 5 aromatic rings. The van der Waals surface area contributed by atoms with Crippen molar-refractivity contribution in [3.63, 3.8) is 0 Å². The Hall–Kier alpha value is -5.87. The van der Waals surface area contributed by atoms with E-state index in [0.29, 0.717) is 25.6 Å². The van der Waals surface area contributed by atoms with E-state index < -0.39 is 17.7 Å². The van der Waals surface area contributed by atoms with Crippen LogP contribution < -0.4 is 16.8 Å². The lowest BCUT2D eigenvalue weighted by Crippen LogP contribution is -2.47. The normalized spacial score (nSPS) is 14.4. The summed E-state index contributed by atoms with van der Waals surface area (Å²) in [7, 11) is 0. The minimum absolute atomic E-state index is 0.234. The monoisotopic (exact) mass is 1050 g/mol. The van der Waals surface area contributed by atoms with Gasteiger partial charge >= 0.3 is 6.09 Å². The summed E-state index contributed by atoms with van der Waals surface area (Å²) in [4.78, 5) is 49.1. The molecule has 0 fully saturated rings. The maximum Gasteiger partial charge on any atom is 0.411 e. The number of aldehydes is 2. The van der Waals surface area contributed by atoms with E-state index in [1.54, 1.807) is 19.1 Å². The quantitative estimate of drug-likeness (QED) is 0.0531. The summed E-state index contributed by atoms with van der Waals surface area (Å²) in [5, 5.41) is 3.66.